The fourth-order valence-electron chi connectivity index (χ4n) is 2.73. The molecule has 2 aromatic rings. The van der Waals surface area contributed by atoms with Crippen molar-refractivity contribution < 1.29 is 9.34 Å². The van der Waals surface area contributed by atoms with Crippen molar-refractivity contribution >= 4 is 17.4 Å². The van der Waals surface area contributed by atoms with Crippen LogP contribution >= 0.6 is 11.8 Å². The Labute approximate surface area is 132 Å². The number of nitro benzene ring substituents is 1. The Bertz CT molecular complexity index is 680. The van der Waals surface area contributed by atoms with Crippen molar-refractivity contribution in [3.8, 4) is 0 Å². The smallest absolute Gasteiger partial charge is 0.283 e. The second-order valence-corrected chi connectivity index (χ2v) is 6.56. The van der Waals surface area contributed by atoms with Crippen molar-refractivity contribution in [2.45, 2.75) is 55.1 Å². The molecule has 7 heteroatoms. The van der Waals surface area contributed by atoms with E-state index in [4.69, 9.17) is 4.42 Å². The SMILES string of the molecule is Cc1ccc(Sc2nnc(C3CCCCC3)o2)c([N+](=O)[O-])c1. The Morgan fingerprint density at radius 3 is 2.77 bits per heavy atom. The first-order valence-corrected chi connectivity index (χ1v) is 8.21. The first-order chi connectivity index (χ1) is 10.6. The highest BCUT2D eigenvalue weighted by atomic mass is 32.2. The molecule has 0 unspecified atom stereocenters. The summed E-state index contributed by atoms with van der Waals surface area (Å²) in [5.74, 6) is 1.00. The third-order valence-electron chi connectivity index (χ3n) is 3.88. The summed E-state index contributed by atoms with van der Waals surface area (Å²) in [6, 6.07) is 5.12. The van der Waals surface area contributed by atoms with Crippen molar-refractivity contribution in [3.63, 3.8) is 0 Å². The molecule has 1 aliphatic carbocycles. The largest absolute Gasteiger partial charge is 0.415 e. The topological polar surface area (TPSA) is 82.1 Å². The first kappa shape index (κ1) is 15.0. The summed E-state index contributed by atoms with van der Waals surface area (Å²) in [7, 11) is 0. The lowest BCUT2D eigenvalue weighted by atomic mass is 9.89. The third-order valence-corrected chi connectivity index (χ3v) is 4.79. The fourth-order valence-corrected chi connectivity index (χ4v) is 3.50. The van der Waals surface area contributed by atoms with Gasteiger partial charge in [0.15, 0.2) is 0 Å². The van der Waals surface area contributed by atoms with E-state index in [1.165, 1.54) is 19.3 Å². The molecule has 1 aliphatic rings. The quantitative estimate of drug-likeness (QED) is 0.610. The van der Waals surface area contributed by atoms with E-state index in [1.807, 2.05) is 13.0 Å². The zero-order chi connectivity index (χ0) is 15.5. The number of aromatic nitrogens is 2. The Kier molecular flexibility index (Phi) is 4.42. The molecule has 1 fully saturated rings. The van der Waals surface area contributed by atoms with Crippen LogP contribution in [0.2, 0.25) is 0 Å². The van der Waals surface area contributed by atoms with Crippen LogP contribution in [-0.4, -0.2) is 15.1 Å². The highest BCUT2D eigenvalue weighted by Gasteiger charge is 2.23. The number of hydrogen-bond acceptors (Lipinski definition) is 6. The van der Waals surface area contributed by atoms with Crippen molar-refractivity contribution in [2.24, 2.45) is 0 Å². The van der Waals surface area contributed by atoms with Gasteiger partial charge in [-0.25, -0.2) is 0 Å². The molecule has 0 atom stereocenters. The molecule has 0 radical (unpaired) electrons. The number of aryl methyl sites for hydroxylation is 1. The van der Waals surface area contributed by atoms with Gasteiger partial charge in [0.2, 0.25) is 5.89 Å². The van der Waals surface area contributed by atoms with Crippen LogP contribution in [0.15, 0.2) is 32.7 Å². The highest BCUT2D eigenvalue weighted by Crippen LogP contribution is 2.37. The van der Waals surface area contributed by atoms with Crippen LogP contribution in [0.4, 0.5) is 5.69 Å². The van der Waals surface area contributed by atoms with Crippen LogP contribution in [0, 0.1) is 17.0 Å². The standard InChI is InChI=1S/C15H17N3O3S/c1-10-7-8-13(12(9-10)18(19)20)22-15-17-16-14(21-15)11-5-3-2-4-6-11/h7-9,11H,2-6H2,1H3. The molecule has 22 heavy (non-hydrogen) atoms. The molecule has 0 bridgehead atoms. The van der Waals surface area contributed by atoms with Crippen LogP contribution in [0.3, 0.4) is 0 Å². The predicted octanol–water partition coefficient (Wildman–Crippen LogP) is 4.49. The summed E-state index contributed by atoms with van der Waals surface area (Å²) < 4.78 is 5.71. The van der Waals surface area contributed by atoms with E-state index in [2.05, 4.69) is 10.2 Å². The fraction of sp³-hybridized carbons (Fsp3) is 0.467. The summed E-state index contributed by atoms with van der Waals surface area (Å²) in [6.45, 7) is 1.83. The van der Waals surface area contributed by atoms with Gasteiger partial charge >= 0.3 is 0 Å². The molecule has 1 saturated carbocycles. The molecule has 3 rings (SSSR count). The van der Waals surface area contributed by atoms with Crippen molar-refractivity contribution in [3.05, 3.63) is 39.8 Å². The molecule has 116 valence electrons. The van der Waals surface area contributed by atoms with Gasteiger partial charge in [-0.3, -0.25) is 10.1 Å². The molecule has 0 N–H and O–H groups in total. The molecule has 0 spiro atoms. The number of nitro groups is 1. The van der Waals surface area contributed by atoms with E-state index in [9.17, 15) is 10.1 Å². The van der Waals surface area contributed by atoms with Crippen LogP contribution in [0.5, 0.6) is 0 Å². The molecule has 0 saturated heterocycles. The summed E-state index contributed by atoms with van der Waals surface area (Å²) in [6.07, 6.45) is 5.81. The minimum Gasteiger partial charge on any atom is -0.415 e. The van der Waals surface area contributed by atoms with Crippen LogP contribution in [0.1, 0.15) is 49.5 Å². The maximum atomic E-state index is 11.1. The summed E-state index contributed by atoms with van der Waals surface area (Å²) in [5, 5.41) is 19.7. The van der Waals surface area contributed by atoms with Crippen molar-refractivity contribution in [2.75, 3.05) is 0 Å². The average molecular weight is 319 g/mol. The highest BCUT2D eigenvalue weighted by molar-refractivity contribution is 7.99. The first-order valence-electron chi connectivity index (χ1n) is 7.40. The van der Waals surface area contributed by atoms with Gasteiger partial charge in [-0.15, -0.1) is 10.2 Å². The Balaban J connectivity index is 1.79. The Morgan fingerprint density at radius 1 is 1.27 bits per heavy atom. The lowest BCUT2D eigenvalue weighted by Gasteiger charge is -2.17. The summed E-state index contributed by atoms with van der Waals surface area (Å²) in [4.78, 5) is 11.3. The average Bonchev–Trinajstić information content (AvgIpc) is 2.98. The monoisotopic (exact) mass is 319 g/mol. The Hall–Kier alpha value is -1.89. The summed E-state index contributed by atoms with van der Waals surface area (Å²) >= 11 is 1.15. The molecule has 1 aromatic heterocycles. The molecular weight excluding hydrogens is 302 g/mol. The molecule has 0 aliphatic heterocycles. The van der Waals surface area contributed by atoms with E-state index in [0.29, 0.717) is 21.9 Å². The van der Waals surface area contributed by atoms with Gasteiger partial charge in [0.1, 0.15) is 0 Å². The molecule has 6 nitrogen and oxygen atoms in total. The van der Waals surface area contributed by atoms with Gasteiger partial charge in [0, 0.05) is 12.0 Å². The minimum absolute atomic E-state index is 0.0717. The van der Waals surface area contributed by atoms with Gasteiger partial charge in [-0.05, 0) is 43.2 Å². The lowest BCUT2D eigenvalue weighted by molar-refractivity contribution is -0.387. The van der Waals surface area contributed by atoms with Crippen LogP contribution in [-0.2, 0) is 0 Å². The van der Waals surface area contributed by atoms with Crippen LogP contribution in [0.25, 0.3) is 0 Å². The van der Waals surface area contributed by atoms with E-state index in [0.717, 1.165) is 30.2 Å². The number of nitrogens with zero attached hydrogens (tertiary/aromatic N) is 3. The second kappa shape index (κ2) is 6.48. The van der Waals surface area contributed by atoms with E-state index in [-0.39, 0.29) is 10.6 Å². The summed E-state index contributed by atoms with van der Waals surface area (Å²) in [5.41, 5.74) is 0.923. The minimum atomic E-state index is -0.381. The molecule has 1 aromatic carbocycles. The van der Waals surface area contributed by atoms with Gasteiger partial charge in [-0.2, -0.15) is 0 Å². The maximum Gasteiger partial charge on any atom is 0.283 e. The number of benzene rings is 1. The Morgan fingerprint density at radius 2 is 2.05 bits per heavy atom. The van der Waals surface area contributed by atoms with Crippen molar-refractivity contribution in [1.82, 2.24) is 10.2 Å². The third kappa shape index (κ3) is 3.30. The van der Waals surface area contributed by atoms with Crippen molar-refractivity contribution in [1.29, 1.82) is 0 Å². The number of hydrogen-bond donors (Lipinski definition) is 0. The van der Waals surface area contributed by atoms with Gasteiger partial charge in [-0.1, -0.05) is 25.3 Å². The number of rotatable bonds is 4. The van der Waals surface area contributed by atoms with Gasteiger partial charge in [0.05, 0.1) is 9.82 Å². The second-order valence-electron chi connectivity index (χ2n) is 5.57. The van der Waals surface area contributed by atoms with E-state index in [1.54, 1.807) is 12.1 Å². The molecular formula is C15H17N3O3S. The molecule has 1 heterocycles. The zero-order valence-corrected chi connectivity index (χ0v) is 13.1. The van der Waals surface area contributed by atoms with E-state index >= 15 is 0 Å². The zero-order valence-electron chi connectivity index (χ0n) is 12.3. The molecule has 0 amide bonds. The van der Waals surface area contributed by atoms with Gasteiger partial charge in [0.25, 0.3) is 10.9 Å². The maximum absolute atomic E-state index is 11.1. The lowest BCUT2D eigenvalue weighted by Crippen LogP contribution is -2.04. The predicted molar refractivity (Wildman–Crippen MR) is 82.1 cm³/mol. The normalized spacial score (nSPS) is 15.9. The van der Waals surface area contributed by atoms with E-state index < -0.39 is 0 Å². The van der Waals surface area contributed by atoms with Gasteiger partial charge < -0.3 is 4.42 Å². The van der Waals surface area contributed by atoms with Crippen LogP contribution < -0.4 is 0 Å².